The summed E-state index contributed by atoms with van der Waals surface area (Å²) in [5, 5.41) is 6.58. The number of guanidine groups is 1. The molecule has 1 amide bonds. The SMILES string of the molecule is CN=C(NCCCCN1CCC(C(N)=O)CC1)NCc1ccc(S(C)(=O)=O)c(C)c1.I. The maximum atomic E-state index is 11.7. The number of nitrogens with two attached hydrogens (primary N) is 1. The molecule has 0 spiro atoms. The van der Waals surface area contributed by atoms with Crippen LogP contribution in [-0.4, -0.2) is 64.7 Å². The maximum absolute atomic E-state index is 11.7. The number of nitrogens with zero attached hydrogens (tertiary/aromatic N) is 2. The molecule has 8 nitrogen and oxygen atoms in total. The lowest BCUT2D eigenvalue weighted by Crippen LogP contribution is -2.39. The highest BCUT2D eigenvalue weighted by Gasteiger charge is 2.22. The van der Waals surface area contributed by atoms with Crippen LogP contribution in [-0.2, 0) is 21.2 Å². The van der Waals surface area contributed by atoms with Gasteiger partial charge in [0.2, 0.25) is 5.91 Å². The molecule has 10 heteroatoms. The molecule has 2 rings (SSSR count). The molecule has 0 aromatic heterocycles. The number of primary amides is 1. The van der Waals surface area contributed by atoms with Gasteiger partial charge in [-0.25, -0.2) is 8.42 Å². The summed E-state index contributed by atoms with van der Waals surface area (Å²) in [4.78, 5) is 18.2. The van der Waals surface area contributed by atoms with Crippen LogP contribution in [0.3, 0.4) is 0 Å². The second kappa shape index (κ2) is 13.2. The number of carbonyl (C=O) groups excluding carboxylic acids is 1. The first kappa shape index (κ1) is 27.6. The van der Waals surface area contributed by atoms with Crippen LogP contribution < -0.4 is 16.4 Å². The van der Waals surface area contributed by atoms with Crippen LogP contribution in [0.5, 0.6) is 0 Å². The van der Waals surface area contributed by atoms with Crippen molar-refractivity contribution >= 4 is 45.7 Å². The Morgan fingerprint density at radius 2 is 1.90 bits per heavy atom. The van der Waals surface area contributed by atoms with E-state index in [2.05, 4.69) is 20.5 Å². The summed E-state index contributed by atoms with van der Waals surface area (Å²) in [5.74, 6) is 0.602. The zero-order valence-electron chi connectivity index (χ0n) is 18.7. The molecule has 0 atom stereocenters. The quantitative estimate of drug-likeness (QED) is 0.182. The number of unbranched alkanes of at least 4 members (excludes halogenated alkanes) is 1. The fraction of sp³-hybridized carbons (Fsp3) is 0.619. The molecule has 1 fully saturated rings. The number of hydrogen-bond acceptors (Lipinski definition) is 5. The van der Waals surface area contributed by atoms with E-state index >= 15 is 0 Å². The van der Waals surface area contributed by atoms with Gasteiger partial charge in [0.05, 0.1) is 4.90 Å². The van der Waals surface area contributed by atoms with E-state index in [1.807, 2.05) is 19.1 Å². The second-order valence-corrected chi connectivity index (χ2v) is 9.93. The van der Waals surface area contributed by atoms with E-state index in [0.717, 1.165) is 68.9 Å². The van der Waals surface area contributed by atoms with Crippen molar-refractivity contribution in [3.63, 3.8) is 0 Å². The molecular weight excluding hydrogens is 529 g/mol. The minimum Gasteiger partial charge on any atom is -0.369 e. The molecule has 31 heavy (non-hydrogen) atoms. The molecule has 1 aromatic carbocycles. The van der Waals surface area contributed by atoms with Gasteiger partial charge in [-0.2, -0.15) is 0 Å². The van der Waals surface area contributed by atoms with E-state index in [9.17, 15) is 13.2 Å². The van der Waals surface area contributed by atoms with Crippen LogP contribution in [0.25, 0.3) is 0 Å². The van der Waals surface area contributed by atoms with Gasteiger partial charge in [-0.05, 0) is 69.4 Å². The summed E-state index contributed by atoms with van der Waals surface area (Å²) >= 11 is 0. The lowest BCUT2D eigenvalue weighted by Gasteiger charge is -2.30. The molecule has 176 valence electrons. The Bertz CT molecular complexity index is 853. The number of hydrogen-bond donors (Lipinski definition) is 3. The Morgan fingerprint density at radius 3 is 2.45 bits per heavy atom. The number of sulfone groups is 1. The molecule has 1 aliphatic rings. The highest BCUT2D eigenvalue weighted by molar-refractivity contribution is 14.0. The summed E-state index contributed by atoms with van der Waals surface area (Å²) in [5.41, 5.74) is 7.13. The van der Waals surface area contributed by atoms with Gasteiger partial charge < -0.3 is 21.3 Å². The molecule has 0 saturated carbocycles. The predicted octanol–water partition coefficient (Wildman–Crippen LogP) is 1.66. The highest BCUT2D eigenvalue weighted by Crippen LogP contribution is 2.17. The molecule has 1 aromatic rings. The van der Waals surface area contributed by atoms with Gasteiger partial charge in [0.25, 0.3) is 0 Å². The van der Waals surface area contributed by atoms with Crippen LogP contribution in [0.15, 0.2) is 28.1 Å². The number of nitrogens with one attached hydrogen (secondary N) is 2. The fourth-order valence-electron chi connectivity index (χ4n) is 3.75. The number of amides is 1. The smallest absolute Gasteiger partial charge is 0.220 e. The summed E-state index contributed by atoms with van der Waals surface area (Å²) in [6.07, 6.45) is 5.07. The molecular formula is C21H36IN5O3S. The lowest BCUT2D eigenvalue weighted by atomic mass is 9.96. The molecule has 1 saturated heterocycles. The molecule has 0 aliphatic carbocycles. The van der Waals surface area contributed by atoms with E-state index in [-0.39, 0.29) is 35.8 Å². The maximum Gasteiger partial charge on any atom is 0.220 e. The van der Waals surface area contributed by atoms with Gasteiger partial charge in [0, 0.05) is 32.3 Å². The average Bonchev–Trinajstić information content (AvgIpc) is 2.69. The first-order valence-corrected chi connectivity index (χ1v) is 12.4. The van der Waals surface area contributed by atoms with E-state index in [4.69, 9.17) is 5.73 Å². The largest absolute Gasteiger partial charge is 0.369 e. The molecule has 4 N–H and O–H groups in total. The Balaban J connectivity index is 0.00000480. The first-order valence-electron chi connectivity index (χ1n) is 10.5. The van der Waals surface area contributed by atoms with E-state index in [0.29, 0.717) is 11.4 Å². The van der Waals surface area contributed by atoms with E-state index in [1.165, 1.54) is 6.26 Å². The molecule has 0 radical (unpaired) electrons. The topological polar surface area (TPSA) is 117 Å². The van der Waals surface area contributed by atoms with Crippen molar-refractivity contribution in [1.29, 1.82) is 0 Å². The van der Waals surface area contributed by atoms with Crippen LogP contribution in [0.2, 0.25) is 0 Å². The highest BCUT2D eigenvalue weighted by atomic mass is 127. The van der Waals surface area contributed by atoms with Gasteiger partial charge >= 0.3 is 0 Å². The van der Waals surface area contributed by atoms with E-state index < -0.39 is 9.84 Å². The third-order valence-electron chi connectivity index (χ3n) is 5.51. The molecule has 1 aliphatic heterocycles. The summed E-state index contributed by atoms with van der Waals surface area (Å²) in [7, 11) is -1.47. The number of benzene rings is 1. The minimum absolute atomic E-state index is 0. The zero-order chi connectivity index (χ0) is 22.1. The van der Waals surface area contributed by atoms with Crippen molar-refractivity contribution in [3.8, 4) is 0 Å². The summed E-state index contributed by atoms with van der Waals surface area (Å²) in [6.45, 7) is 6.13. The Hall–Kier alpha value is -1.40. The number of halogens is 1. The first-order chi connectivity index (χ1) is 14.2. The number of carbonyl (C=O) groups is 1. The predicted molar refractivity (Wildman–Crippen MR) is 135 cm³/mol. The molecule has 0 bridgehead atoms. The van der Waals surface area contributed by atoms with Crippen molar-refractivity contribution in [2.75, 3.05) is 39.5 Å². The molecule has 1 heterocycles. The van der Waals surface area contributed by atoms with Gasteiger partial charge in [-0.1, -0.05) is 12.1 Å². The van der Waals surface area contributed by atoms with Crippen LogP contribution >= 0.6 is 24.0 Å². The second-order valence-electron chi connectivity index (χ2n) is 7.95. The normalized spacial score (nSPS) is 15.9. The number of rotatable bonds is 9. The average molecular weight is 566 g/mol. The number of aryl methyl sites for hydroxylation is 1. The Labute approximate surface area is 203 Å². The lowest BCUT2D eigenvalue weighted by molar-refractivity contribution is -0.123. The van der Waals surface area contributed by atoms with Crippen LogP contribution in [0, 0.1) is 12.8 Å². The Morgan fingerprint density at radius 1 is 1.23 bits per heavy atom. The van der Waals surface area contributed by atoms with Gasteiger partial charge in [0.1, 0.15) is 0 Å². The van der Waals surface area contributed by atoms with Crippen LogP contribution in [0.1, 0.15) is 36.8 Å². The van der Waals surface area contributed by atoms with Crippen molar-refractivity contribution in [2.24, 2.45) is 16.6 Å². The van der Waals surface area contributed by atoms with Gasteiger partial charge in [0.15, 0.2) is 15.8 Å². The van der Waals surface area contributed by atoms with Crippen molar-refractivity contribution in [2.45, 2.75) is 44.0 Å². The number of aliphatic imine (C=N–C) groups is 1. The zero-order valence-corrected chi connectivity index (χ0v) is 21.8. The monoisotopic (exact) mass is 565 g/mol. The minimum atomic E-state index is -3.20. The summed E-state index contributed by atoms with van der Waals surface area (Å²) in [6, 6.07) is 5.37. The molecule has 0 unspecified atom stereocenters. The van der Waals surface area contributed by atoms with Gasteiger partial charge in [-0.3, -0.25) is 9.79 Å². The van der Waals surface area contributed by atoms with Crippen molar-refractivity contribution < 1.29 is 13.2 Å². The van der Waals surface area contributed by atoms with E-state index in [1.54, 1.807) is 13.1 Å². The van der Waals surface area contributed by atoms with Crippen molar-refractivity contribution in [3.05, 3.63) is 29.3 Å². The number of piperidine rings is 1. The van der Waals surface area contributed by atoms with Gasteiger partial charge in [-0.15, -0.1) is 24.0 Å². The third kappa shape index (κ3) is 9.32. The number of likely N-dealkylation sites (tertiary alicyclic amines) is 1. The summed E-state index contributed by atoms with van der Waals surface area (Å²) < 4.78 is 23.4. The third-order valence-corrected chi connectivity index (χ3v) is 6.76. The fourth-order valence-corrected chi connectivity index (χ4v) is 4.71. The van der Waals surface area contributed by atoms with Crippen molar-refractivity contribution in [1.82, 2.24) is 15.5 Å². The Kier molecular flexibility index (Phi) is 11.8. The van der Waals surface area contributed by atoms with Crippen LogP contribution in [0.4, 0.5) is 0 Å². The standard InChI is InChI=1S/C21H35N5O3S.HI/c1-16-14-17(6-7-19(16)30(3,28)29)15-25-21(23-2)24-10-4-5-11-26-12-8-18(9-13-26)20(22)27;/h6-7,14,18H,4-5,8-13,15H2,1-3H3,(H2,22,27)(H2,23,24,25);1H.